The smallest absolute Gasteiger partial charge is 0.308 e. The molecule has 5 nitrogen and oxygen atoms in total. The van der Waals surface area contributed by atoms with Gasteiger partial charge < -0.3 is 9.47 Å². The molecule has 2 aliphatic rings. The van der Waals surface area contributed by atoms with Crippen molar-refractivity contribution >= 4 is 44.2 Å². The second-order valence-corrected chi connectivity index (χ2v) is 8.00. The Morgan fingerprint density at radius 3 is 2.27 bits per heavy atom. The van der Waals surface area contributed by atoms with Crippen LogP contribution in [0.1, 0.15) is 39.6 Å². The number of Topliss-reactive ketones (excluding diaryl/α,β-unsaturated/α-hetero) is 2. The van der Waals surface area contributed by atoms with E-state index in [0.717, 1.165) is 5.56 Å². The van der Waals surface area contributed by atoms with E-state index in [1.165, 1.54) is 6.92 Å². The van der Waals surface area contributed by atoms with Crippen molar-refractivity contribution in [3.63, 3.8) is 0 Å². The molecule has 0 radical (unpaired) electrons. The molecule has 1 aliphatic carbocycles. The molecule has 148 valence electrons. The van der Waals surface area contributed by atoms with E-state index in [1.807, 2.05) is 24.3 Å². The van der Waals surface area contributed by atoms with Crippen LogP contribution in [0.15, 0.2) is 64.3 Å². The van der Waals surface area contributed by atoms with Crippen molar-refractivity contribution in [1.82, 2.24) is 0 Å². The molecule has 3 aromatic carbocycles. The van der Waals surface area contributed by atoms with E-state index < -0.39 is 5.97 Å². The molecule has 1 heterocycles. The van der Waals surface area contributed by atoms with Gasteiger partial charge in [-0.1, -0.05) is 48.5 Å². The molecular weight excluding hydrogens is 448 g/mol. The van der Waals surface area contributed by atoms with E-state index in [1.54, 1.807) is 24.3 Å². The van der Waals surface area contributed by atoms with Gasteiger partial charge in [0.2, 0.25) is 5.78 Å². The molecule has 0 saturated heterocycles. The molecule has 5 rings (SSSR count). The van der Waals surface area contributed by atoms with E-state index in [9.17, 15) is 14.4 Å². The Kier molecular flexibility index (Phi) is 4.33. The highest BCUT2D eigenvalue weighted by Crippen LogP contribution is 2.47. The van der Waals surface area contributed by atoms with Crippen molar-refractivity contribution in [3.05, 3.63) is 81.0 Å². The van der Waals surface area contributed by atoms with Crippen molar-refractivity contribution in [3.8, 4) is 11.5 Å². The summed E-state index contributed by atoms with van der Waals surface area (Å²) < 4.78 is 12.3. The second-order valence-electron chi connectivity index (χ2n) is 7.20. The van der Waals surface area contributed by atoms with Crippen LogP contribution in [0.4, 0.5) is 0 Å². The van der Waals surface area contributed by atoms with Gasteiger partial charge in [-0.3, -0.25) is 14.4 Å². The van der Waals surface area contributed by atoms with Crippen molar-refractivity contribution in [2.45, 2.75) is 19.8 Å². The summed E-state index contributed by atoms with van der Waals surface area (Å²) in [5.41, 5.74) is 1.88. The summed E-state index contributed by atoms with van der Waals surface area (Å²) in [7, 11) is 0. The van der Waals surface area contributed by atoms with Crippen LogP contribution in [0, 0.1) is 0 Å². The Hall–Kier alpha value is -3.25. The van der Waals surface area contributed by atoms with Gasteiger partial charge in [-0.2, -0.15) is 0 Å². The molecule has 1 aliphatic heterocycles. The standard InChI is InChI=1S/C24H15BrO5/c1-12(26)29-23-16-9-5-4-8-15(16)22-17(19(23)25)10-11-18-20(27)13-6-2-3-7-14(13)21(28)24(18)30-22/h2-9H,10-11H2,1H3. The predicted molar refractivity (Wildman–Crippen MR) is 114 cm³/mol. The number of esters is 1. The van der Waals surface area contributed by atoms with Gasteiger partial charge in [0.1, 0.15) is 5.75 Å². The Bertz CT molecular complexity index is 1320. The van der Waals surface area contributed by atoms with E-state index in [2.05, 4.69) is 15.9 Å². The molecule has 0 aromatic heterocycles. The molecule has 6 heteroatoms. The minimum absolute atomic E-state index is 0.0785. The lowest BCUT2D eigenvalue weighted by molar-refractivity contribution is -0.131. The van der Waals surface area contributed by atoms with Crippen molar-refractivity contribution < 1.29 is 23.9 Å². The zero-order chi connectivity index (χ0) is 21.0. The van der Waals surface area contributed by atoms with E-state index >= 15 is 0 Å². The van der Waals surface area contributed by atoms with Gasteiger partial charge in [-0.05, 0) is 28.8 Å². The van der Waals surface area contributed by atoms with Gasteiger partial charge in [0.15, 0.2) is 17.3 Å². The van der Waals surface area contributed by atoms with Gasteiger partial charge in [0, 0.05) is 40.0 Å². The van der Waals surface area contributed by atoms with E-state index in [0.29, 0.717) is 56.3 Å². The van der Waals surface area contributed by atoms with Crippen LogP contribution in [0.2, 0.25) is 0 Å². The average Bonchev–Trinajstić information content (AvgIpc) is 2.96. The van der Waals surface area contributed by atoms with Crippen LogP contribution in [-0.4, -0.2) is 17.5 Å². The number of benzene rings is 3. The third-order valence-corrected chi connectivity index (χ3v) is 6.24. The Labute approximate surface area is 180 Å². The van der Waals surface area contributed by atoms with Gasteiger partial charge in [-0.25, -0.2) is 0 Å². The maximum atomic E-state index is 13.2. The molecule has 0 spiro atoms. The van der Waals surface area contributed by atoms with Crippen LogP contribution >= 0.6 is 15.9 Å². The summed E-state index contributed by atoms with van der Waals surface area (Å²) in [5, 5.41) is 1.39. The summed E-state index contributed by atoms with van der Waals surface area (Å²) in [6.45, 7) is 1.35. The zero-order valence-corrected chi connectivity index (χ0v) is 17.5. The Morgan fingerprint density at radius 1 is 0.933 bits per heavy atom. The molecule has 30 heavy (non-hydrogen) atoms. The Balaban J connectivity index is 1.74. The summed E-state index contributed by atoms with van der Waals surface area (Å²) in [5.74, 6) is 0.0643. The molecule has 0 amide bonds. The summed E-state index contributed by atoms with van der Waals surface area (Å²) >= 11 is 3.56. The van der Waals surface area contributed by atoms with Crippen molar-refractivity contribution in [2.24, 2.45) is 0 Å². The molecule has 0 unspecified atom stereocenters. The number of hydrogen-bond donors (Lipinski definition) is 0. The quantitative estimate of drug-likeness (QED) is 0.367. The number of carbonyl (C=O) groups excluding carboxylic acids is 3. The van der Waals surface area contributed by atoms with Gasteiger partial charge >= 0.3 is 5.97 Å². The molecule has 3 aromatic rings. The number of rotatable bonds is 1. The third-order valence-electron chi connectivity index (χ3n) is 5.40. The first kappa shape index (κ1) is 18.8. The van der Waals surface area contributed by atoms with Gasteiger partial charge in [0.25, 0.3) is 0 Å². The first-order chi connectivity index (χ1) is 14.5. The van der Waals surface area contributed by atoms with E-state index in [4.69, 9.17) is 9.47 Å². The molecule has 0 atom stereocenters. The maximum absolute atomic E-state index is 13.2. The molecule has 0 fully saturated rings. The highest BCUT2D eigenvalue weighted by Gasteiger charge is 2.36. The lowest BCUT2D eigenvalue weighted by atomic mass is 9.86. The first-order valence-corrected chi connectivity index (χ1v) is 10.3. The number of carbonyl (C=O) groups is 3. The number of ketones is 2. The number of ether oxygens (including phenoxy) is 2. The SMILES string of the molecule is CC(=O)Oc1c(Br)c2c(c3ccccc13)OC1=C(CC2)C(=O)c2ccccc2C1=O. The van der Waals surface area contributed by atoms with Gasteiger partial charge in [-0.15, -0.1) is 0 Å². The summed E-state index contributed by atoms with van der Waals surface area (Å²) in [4.78, 5) is 38.0. The maximum Gasteiger partial charge on any atom is 0.308 e. The first-order valence-electron chi connectivity index (χ1n) is 9.48. The number of allylic oxidation sites excluding steroid dienone is 2. The lowest BCUT2D eigenvalue weighted by Gasteiger charge is -2.20. The number of hydrogen-bond acceptors (Lipinski definition) is 5. The lowest BCUT2D eigenvalue weighted by Crippen LogP contribution is -2.24. The molecule has 0 bridgehead atoms. The minimum Gasteiger partial charge on any atom is -0.452 e. The highest BCUT2D eigenvalue weighted by molar-refractivity contribution is 9.10. The fourth-order valence-corrected chi connectivity index (χ4v) is 4.74. The minimum atomic E-state index is -0.437. The number of halogens is 1. The molecular formula is C24H15BrO5. The van der Waals surface area contributed by atoms with Crippen molar-refractivity contribution in [2.75, 3.05) is 0 Å². The molecule has 0 N–H and O–H groups in total. The van der Waals surface area contributed by atoms with Crippen LogP contribution in [-0.2, 0) is 11.2 Å². The fourth-order valence-electron chi connectivity index (χ4n) is 4.07. The zero-order valence-electron chi connectivity index (χ0n) is 16.0. The van der Waals surface area contributed by atoms with Crippen LogP contribution in [0.5, 0.6) is 11.5 Å². The summed E-state index contributed by atoms with van der Waals surface area (Å²) in [6.07, 6.45) is 0.798. The number of fused-ring (bicyclic) bond motifs is 4. The van der Waals surface area contributed by atoms with Crippen LogP contribution < -0.4 is 9.47 Å². The largest absolute Gasteiger partial charge is 0.452 e. The Morgan fingerprint density at radius 2 is 1.57 bits per heavy atom. The third kappa shape index (κ3) is 2.71. The fraction of sp³-hybridized carbons (Fsp3) is 0.125. The monoisotopic (exact) mass is 462 g/mol. The molecule has 0 saturated carbocycles. The van der Waals surface area contributed by atoms with Crippen molar-refractivity contribution in [1.29, 1.82) is 0 Å². The van der Waals surface area contributed by atoms with Crippen LogP contribution in [0.3, 0.4) is 0 Å². The normalized spacial score (nSPS) is 15.1. The van der Waals surface area contributed by atoms with Crippen LogP contribution in [0.25, 0.3) is 10.8 Å². The topological polar surface area (TPSA) is 69.7 Å². The second kappa shape index (κ2) is 6.92. The highest BCUT2D eigenvalue weighted by atomic mass is 79.9. The predicted octanol–water partition coefficient (Wildman–Crippen LogP) is 5.19. The average molecular weight is 463 g/mol. The van der Waals surface area contributed by atoms with E-state index in [-0.39, 0.29) is 17.3 Å². The summed E-state index contributed by atoms with van der Waals surface area (Å²) in [6, 6.07) is 14.2. The van der Waals surface area contributed by atoms with Gasteiger partial charge in [0.05, 0.1) is 4.47 Å².